The number of fused-ring (bicyclic) bond motifs is 1. The molecule has 2 aromatic rings. The zero-order valence-corrected chi connectivity index (χ0v) is 24.3. The van der Waals surface area contributed by atoms with Gasteiger partial charge in [0.15, 0.2) is 0 Å². The van der Waals surface area contributed by atoms with Crippen molar-refractivity contribution in [3.63, 3.8) is 0 Å². The molecule has 5 rings (SSSR count). The average Bonchev–Trinajstić information content (AvgIpc) is 3.80. The van der Waals surface area contributed by atoms with Gasteiger partial charge in [-0.15, -0.1) is 0 Å². The Morgan fingerprint density at radius 1 is 0.975 bits per heavy atom. The van der Waals surface area contributed by atoms with Gasteiger partial charge >= 0.3 is 0 Å². The van der Waals surface area contributed by atoms with E-state index in [1.807, 2.05) is 0 Å². The third kappa shape index (κ3) is 8.20. The molecular formula is C33H47NO6. The van der Waals surface area contributed by atoms with Gasteiger partial charge in [-0.05, 0) is 80.2 Å². The summed E-state index contributed by atoms with van der Waals surface area (Å²) in [5, 5.41) is 9.92. The molecule has 1 N–H and O–H groups in total. The molecule has 1 heterocycles. The maximum Gasteiger partial charge on any atom is 0.142 e. The molecule has 4 atom stereocenters. The summed E-state index contributed by atoms with van der Waals surface area (Å²) in [7, 11) is 1.75. The smallest absolute Gasteiger partial charge is 0.142 e. The minimum absolute atomic E-state index is 0.0125. The van der Waals surface area contributed by atoms with Crippen LogP contribution in [0, 0.1) is 5.92 Å². The van der Waals surface area contributed by atoms with Crippen LogP contribution < -0.4 is 9.64 Å². The zero-order chi connectivity index (χ0) is 27.7. The summed E-state index contributed by atoms with van der Waals surface area (Å²) in [6.07, 6.45) is 6.16. The van der Waals surface area contributed by atoms with Crippen molar-refractivity contribution in [1.82, 2.24) is 0 Å². The van der Waals surface area contributed by atoms with Gasteiger partial charge < -0.3 is 33.7 Å². The minimum Gasteiger partial charge on any atom is -0.490 e. The van der Waals surface area contributed by atoms with Crippen molar-refractivity contribution in [2.45, 2.75) is 82.9 Å². The monoisotopic (exact) mass is 553 g/mol. The van der Waals surface area contributed by atoms with Crippen molar-refractivity contribution in [1.29, 1.82) is 0 Å². The Hall–Kier alpha value is -2.16. The van der Waals surface area contributed by atoms with Crippen LogP contribution >= 0.6 is 0 Å². The number of nitrogens with zero attached hydrogens (tertiary/aromatic N) is 1. The molecule has 2 saturated carbocycles. The number of hydrogen-bond donors (Lipinski definition) is 1. The van der Waals surface area contributed by atoms with Crippen LogP contribution in [0.2, 0.25) is 0 Å². The van der Waals surface area contributed by atoms with E-state index in [1.54, 1.807) is 14.0 Å². The van der Waals surface area contributed by atoms with Gasteiger partial charge in [0, 0.05) is 32.8 Å². The zero-order valence-electron chi connectivity index (χ0n) is 24.3. The molecule has 0 radical (unpaired) electrons. The molecule has 1 aliphatic heterocycles. The second-order valence-corrected chi connectivity index (χ2v) is 11.7. The van der Waals surface area contributed by atoms with E-state index in [4.69, 9.17) is 23.7 Å². The number of ether oxygens (including phenoxy) is 5. The fourth-order valence-electron chi connectivity index (χ4n) is 5.89. The number of benzene rings is 2. The standard InChI is InChI=1S/C33H47NO6/c1-24(35)20-39-31-5-3-6-32(33(31)28-12-9-26(10-13-28)22-37-21-25-7-8-25)40-23-27-11-14-30-29(19-27)34(16-18-38-30)15-4-17-36-2/h9-14,19,24-25,31-33,35H,3-8,15-18,20-23H2,1-2H3/t24-,31+,32-,33-/m0/s1. The Labute approximate surface area is 239 Å². The lowest BCUT2D eigenvalue weighted by Crippen LogP contribution is -2.38. The van der Waals surface area contributed by atoms with E-state index in [0.29, 0.717) is 26.4 Å². The summed E-state index contributed by atoms with van der Waals surface area (Å²) in [6.45, 7) is 7.48. The van der Waals surface area contributed by atoms with Crippen LogP contribution in [0.1, 0.15) is 68.1 Å². The average molecular weight is 554 g/mol. The third-order valence-corrected chi connectivity index (χ3v) is 8.24. The van der Waals surface area contributed by atoms with Crippen LogP contribution in [0.25, 0.3) is 0 Å². The Morgan fingerprint density at radius 2 is 1.75 bits per heavy atom. The predicted molar refractivity (Wildman–Crippen MR) is 156 cm³/mol. The maximum absolute atomic E-state index is 9.92. The number of anilines is 1. The van der Waals surface area contributed by atoms with Crippen molar-refractivity contribution in [3.8, 4) is 5.75 Å². The molecule has 2 fully saturated rings. The summed E-state index contributed by atoms with van der Waals surface area (Å²) in [5.41, 5.74) is 4.72. The van der Waals surface area contributed by atoms with E-state index in [0.717, 1.165) is 74.9 Å². The summed E-state index contributed by atoms with van der Waals surface area (Å²) in [5.74, 6) is 1.82. The lowest BCUT2D eigenvalue weighted by atomic mass is 9.79. The van der Waals surface area contributed by atoms with Gasteiger partial charge in [-0.1, -0.05) is 30.3 Å². The van der Waals surface area contributed by atoms with Gasteiger partial charge in [0.25, 0.3) is 0 Å². The highest BCUT2D eigenvalue weighted by Crippen LogP contribution is 2.39. The van der Waals surface area contributed by atoms with E-state index in [2.05, 4.69) is 47.4 Å². The number of aliphatic hydroxyl groups excluding tert-OH is 1. The summed E-state index contributed by atoms with van der Waals surface area (Å²) >= 11 is 0. The summed E-state index contributed by atoms with van der Waals surface area (Å²) in [4.78, 5) is 2.39. The van der Waals surface area contributed by atoms with E-state index in [1.165, 1.54) is 24.0 Å². The Bertz CT molecular complexity index is 1040. The lowest BCUT2D eigenvalue weighted by molar-refractivity contribution is -0.0835. The minimum atomic E-state index is -0.488. The van der Waals surface area contributed by atoms with E-state index < -0.39 is 6.10 Å². The molecule has 7 heteroatoms. The Kier molecular flexibility index (Phi) is 10.7. The molecule has 7 nitrogen and oxygen atoms in total. The highest BCUT2D eigenvalue weighted by Gasteiger charge is 2.36. The Balaban J connectivity index is 1.26. The molecule has 2 aliphatic carbocycles. The molecule has 0 spiro atoms. The van der Waals surface area contributed by atoms with Crippen molar-refractivity contribution in [2.24, 2.45) is 5.92 Å². The molecule has 220 valence electrons. The fraction of sp³-hybridized carbons (Fsp3) is 0.636. The molecule has 0 saturated heterocycles. The molecule has 0 bridgehead atoms. The third-order valence-electron chi connectivity index (χ3n) is 8.24. The van der Waals surface area contributed by atoms with Gasteiger partial charge in [-0.25, -0.2) is 0 Å². The second kappa shape index (κ2) is 14.6. The summed E-state index contributed by atoms with van der Waals surface area (Å²) < 4.78 is 30.0. The van der Waals surface area contributed by atoms with E-state index in [9.17, 15) is 5.11 Å². The molecule has 0 unspecified atom stereocenters. The Morgan fingerprint density at radius 3 is 2.50 bits per heavy atom. The first-order valence-corrected chi connectivity index (χ1v) is 15.2. The van der Waals surface area contributed by atoms with Crippen LogP contribution in [-0.4, -0.2) is 70.0 Å². The number of hydrogen-bond acceptors (Lipinski definition) is 7. The van der Waals surface area contributed by atoms with Gasteiger partial charge in [-0.2, -0.15) is 0 Å². The molecule has 0 amide bonds. The van der Waals surface area contributed by atoms with Crippen molar-refractivity contribution >= 4 is 5.69 Å². The number of rotatable bonds is 15. The molecular weight excluding hydrogens is 506 g/mol. The molecule has 2 aromatic carbocycles. The molecule has 3 aliphatic rings. The largest absolute Gasteiger partial charge is 0.490 e. The van der Waals surface area contributed by atoms with Crippen molar-refractivity contribution in [2.75, 3.05) is 51.5 Å². The molecule has 0 aromatic heterocycles. The number of methoxy groups -OCH3 is 1. The van der Waals surface area contributed by atoms with Crippen molar-refractivity contribution in [3.05, 3.63) is 59.2 Å². The van der Waals surface area contributed by atoms with E-state index in [-0.39, 0.29) is 18.1 Å². The van der Waals surface area contributed by atoms with Crippen molar-refractivity contribution < 1.29 is 28.8 Å². The highest BCUT2D eigenvalue weighted by atomic mass is 16.5. The quantitative estimate of drug-likeness (QED) is 0.294. The highest BCUT2D eigenvalue weighted by molar-refractivity contribution is 5.61. The predicted octanol–water partition coefficient (Wildman–Crippen LogP) is 5.47. The first kappa shape index (κ1) is 29.3. The number of aliphatic hydroxyl groups is 1. The van der Waals surface area contributed by atoms with Gasteiger partial charge in [0.05, 0.1) is 50.4 Å². The first-order valence-electron chi connectivity index (χ1n) is 15.2. The normalized spacial score (nSPS) is 23.5. The summed E-state index contributed by atoms with van der Waals surface area (Å²) in [6, 6.07) is 15.2. The fourth-order valence-corrected chi connectivity index (χ4v) is 5.89. The SMILES string of the molecule is COCCCN1CCOc2ccc(CO[C@H]3CCC[C@@H](OC[C@H](C)O)[C@@H]3c3ccc(COCC4CC4)cc3)cc21. The molecule has 40 heavy (non-hydrogen) atoms. The van der Waals surface area contributed by atoms with Crippen LogP contribution in [0.3, 0.4) is 0 Å². The topological polar surface area (TPSA) is 69.6 Å². The maximum atomic E-state index is 9.92. The van der Waals surface area contributed by atoms with Gasteiger partial charge in [-0.3, -0.25) is 0 Å². The van der Waals surface area contributed by atoms with Gasteiger partial charge in [0.1, 0.15) is 12.4 Å². The van der Waals surface area contributed by atoms with E-state index >= 15 is 0 Å². The van der Waals surface area contributed by atoms with Gasteiger partial charge in [0.2, 0.25) is 0 Å². The van der Waals surface area contributed by atoms with Crippen LogP contribution in [0.4, 0.5) is 5.69 Å². The first-order chi connectivity index (χ1) is 19.6. The van der Waals surface area contributed by atoms with Crippen LogP contribution in [-0.2, 0) is 32.2 Å². The van der Waals surface area contributed by atoms with Crippen LogP contribution in [0.5, 0.6) is 5.75 Å². The van der Waals surface area contributed by atoms with Crippen LogP contribution in [0.15, 0.2) is 42.5 Å². The second-order valence-electron chi connectivity index (χ2n) is 11.7. The lowest BCUT2D eigenvalue weighted by Gasteiger charge is -2.38.